The summed E-state index contributed by atoms with van der Waals surface area (Å²) in [6.07, 6.45) is 4.19. The average Bonchev–Trinajstić information content (AvgIpc) is 3.18. The third-order valence-corrected chi connectivity index (χ3v) is 4.09. The van der Waals surface area contributed by atoms with Crippen molar-refractivity contribution in [3.05, 3.63) is 23.9 Å². The van der Waals surface area contributed by atoms with E-state index in [-0.39, 0.29) is 11.4 Å². The van der Waals surface area contributed by atoms with E-state index in [4.69, 9.17) is 5.73 Å². The van der Waals surface area contributed by atoms with Crippen LogP contribution < -0.4 is 10.6 Å². The molecule has 2 N–H and O–H groups in total. The Morgan fingerprint density at radius 2 is 2.11 bits per heavy atom. The minimum Gasteiger partial charge on any atom is -0.353 e. The zero-order valence-electron chi connectivity index (χ0n) is 11.5. The Kier molecular flexibility index (Phi) is 2.74. The van der Waals surface area contributed by atoms with Gasteiger partial charge < -0.3 is 15.5 Å². The fourth-order valence-corrected chi connectivity index (χ4v) is 2.70. The van der Waals surface area contributed by atoms with Gasteiger partial charge in [-0.2, -0.15) is 0 Å². The molecule has 1 aliphatic heterocycles. The van der Waals surface area contributed by atoms with Crippen molar-refractivity contribution < 1.29 is 4.79 Å². The second-order valence-electron chi connectivity index (χ2n) is 5.97. The summed E-state index contributed by atoms with van der Waals surface area (Å²) in [5, 5.41) is 0. The first-order valence-corrected chi connectivity index (χ1v) is 6.71. The lowest BCUT2D eigenvalue weighted by Crippen LogP contribution is -2.69. The van der Waals surface area contributed by atoms with Gasteiger partial charge in [0, 0.05) is 33.4 Å². The topological polar surface area (TPSA) is 62.5 Å². The molecule has 0 atom stereocenters. The fourth-order valence-electron chi connectivity index (χ4n) is 2.70. The third-order valence-electron chi connectivity index (χ3n) is 4.09. The van der Waals surface area contributed by atoms with Gasteiger partial charge in [-0.1, -0.05) is 0 Å². The van der Waals surface area contributed by atoms with E-state index in [0.717, 1.165) is 18.9 Å². The Bertz CT molecular complexity index is 487. The summed E-state index contributed by atoms with van der Waals surface area (Å²) in [6.45, 7) is 1.76. The molecule has 102 valence electrons. The lowest BCUT2D eigenvalue weighted by Gasteiger charge is -2.49. The number of aromatic nitrogens is 1. The molecule has 5 nitrogen and oxygen atoms in total. The summed E-state index contributed by atoms with van der Waals surface area (Å²) < 4.78 is 0. The first kappa shape index (κ1) is 12.4. The molecule has 1 aromatic heterocycles. The third kappa shape index (κ3) is 2.18. The number of pyridine rings is 1. The molecule has 1 saturated heterocycles. The molecule has 1 aliphatic carbocycles. The maximum absolute atomic E-state index is 11.8. The largest absolute Gasteiger partial charge is 0.353 e. The molecule has 19 heavy (non-hydrogen) atoms. The summed E-state index contributed by atoms with van der Waals surface area (Å²) >= 11 is 0. The molecule has 0 unspecified atom stereocenters. The zero-order chi connectivity index (χ0) is 13.6. The van der Waals surface area contributed by atoms with E-state index in [1.807, 2.05) is 12.1 Å². The van der Waals surface area contributed by atoms with E-state index in [2.05, 4.69) is 9.88 Å². The van der Waals surface area contributed by atoms with Crippen LogP contribution in [0.5, 0.6) is 0 Å². The maximum atomic E-state index is 11.8. The number of amides is 1. The molecule has 0 aromatic carbocycles. The molecule has 0 spiro atoms. The lowest BCUT2D eigenvalue weighted by atomic mass is 9.86. The van der Waals surface area contributed by atoms with Gasteiger partial charge in [-0.15, -0.1) is 0 Å². The van der Waals surface area contributed by atoms with Crippen molar-refractivity contribution in [1.29, 1.82) is 0 Å². The minimum absolute atomic E-state index is 0.000191. The molecule has 2 heterocycles. The van der Waals surface area contributed by atoms with Crippen LogP contribution in [0, 0.1) is 5.92 Å². The average molecular weight is 260 g/mol. The van der Waals surface area contributed by atoms with Crippen molar-refractivity contribution in [2.24, 2.45) is 11.7 Å². The second-order valence-corrected chi connectivity index (χ2v) is 5.97. The standard InChI is InChI=1S/C14H20N4O/c1-17(2)13(19)10-3-6-12(16-7-10)18-8-14(15,9-18)11-4-5-11/h3,6-7,11H,4-5,8-9,15H2,1-2H3. The SMILES string of the molecule is CN(C)C(=O)c1ccc(N2CC(N)(C3CC3)C2)nc1. The summed E-state index contributed by atoms with van der Waals surface area (Å²) in [5.74, 6) is 1.60. The van der Waals surface area contributed by atoms with Crippen molar-refractivity contribution in [2.45, 2.75) is 18.4 Å². The van der Waals surface area contributed by atoms with Crippen LogP contribution in [0.25, 0.3) is 0 Å². The van der Waals surface area contributed by atoms with E-state index >= 15 is 0 Å². The molecule has 0 bridgehead atoms. The van der Waals surface area contributed by atoms with E-state index in [0.29, 0.717) is 11.5 Å². The van der Waals surface area contributed by atoms with E-state index in [9.17, 15) is 4.79 Å². The highest BCUT2D eigenvalue weighted by molar-refractivity contribution is 5.93. The Morgan fingerprint density at radius 1 is 1.42 bits per heavy atom. The van der Waals surface area contributed by atoms with Crippen LogP contribution in [0.15, 0.2) is 18.3 Å². The van der Waals surface area contributed by atoms with E-state index in [1.54, 1.807) is 25.2 Å². The molecular formula is C14H20N4O. The highest BCUT2D eigenvalue weighted by Crippen LogP contribution is 2.43. The quantitative estimate of drug-likeness (QED) is 0.869. The summed E-state index contributed by atoms with van der Waals surface area (Å²) in [5.41, 5.74) is 6.94. The van der Waals surface area contributed by atoms with Gasteiger partial charge in [0.15, 0.2) is 0 Å². The van der Waals surface area contributed by atoms with Crippen molar-refractivity contribution in [3.8, 4) is 0 Å². The van der Waals surface area contributed by atoms with Crippen molar-refractivity contribution in [1.82, 2.24) is 9.88 Å². The van der Waals surface area contributed by atoms with Gasteiger partial charge in [0.25, 0.3) is 5.91 Å². The highest BCUT2D eigenvalue weighted by atomic mass is 16.2. The van der Waals surface area contributed by atoms with Gasteiger partial charge in [0.1, 0.15) is 5.82 Å². The Labute approximate surface area is 113 Å². The Balaban J connectivity index is 1.66. The molecule has 1 saturated carbocycles. The highest BCUT2D eigenvalue weighted by Gasteiger charge is 2.50. The second kappa shape index (κ2) is 4.20. The predicted octanol–water partition coefficient (Wildman–Crippen LogP) is 0.711. The van der Waals surface area contributed by atoms with Gasteiger partial charge in [-0.05, 0) is 30.9 Å². The van der Waals surface area contributed by atoms with E-state index < -0.39 is 0 Å². The molecule has 3 rings (SSSR count). The summed E-state index contributed by atoms with van der Waals surface area (Å²) in [4.78, 5) is 19.9. The van der Waals surface area contributed by atoms with Crippen LogP contribution in [-0.2, 0) is 0 Å². The predicted molar refractivity (Wildman–Crippen MR) is 74.1 cm³/mol. The zero-order valence-corrected chi connectivity index (χ0v) is 11.5. The monoisotopic (exact) mass is 260 g/mol. The number of carbonyl (C=O) groups excluding carboxylic acids is 1. The molecule has 1 amide bonds. The molecule has 2 fully saturated rings. The normalized spacial score (nSPS) is 20.9. The number of hydrogen-bond donors (Lipinski definition) is 1. The van der Waals surface area contributed by atoms with Gasteiger partial charge in [-0.3, -0.25) is 4.79 Å². The maximum Gasteiger partial charge on any atom is 0.254 e. The Hall–Kier alpha value is -1.62. The van der Waals surface area contributed by atoms with Crippen molar-refractivity contribution in [3.63, 3.8) is 0 Å². The summed E-state index contributed by atoms with van der Waals surface area (Å²) in [7, 11) is 3.48. The molecular weight excluding hydrogens is 240 g/mol. The minimum atomic E-state index is -0.0196. The van der Waals surface area contributed by atoms with Crippen LogP contribution in [0.1, 0.15) is 23.2 Å². The van der Waals surface area contributed by atoms with Crippen LogP contribution in [0.2, 0.25) is 0 Å². The van der Waals surface area contributed by atoms with Crippen LogP contribution in [0.3, 0.4) is 0 Å². The van der Waals surface area contributed by atoms with Gasteiger partial charge in [0.05, 0.1) is 11.1 Å². The molecule has 1 aromatic rings. The number of hydrogen-bond acceptors (Lipinski definition) is 4. The van der Waals surface area contributed by atoms with Crippen molar-refractivity contribution >= 4 is 11.7 Å². The van der Waals surface area contributed by atoms with Gasteiger partial charge >= 0.3 is 0 Å². The number of carbonyl (C=O) groups is 1. The smallest absolute Gasteiger partial charge is 0.254 e. The van der Waals surface area contributed by atoms with Crippen molar-refractivity contribution in [2.75, 3.05) is 32.1 Å². The van der Waals surface area contributed by atoms with Crippen LogP contribution >= 0.6 is 0 Å². The van der Waals surface area contributed by atoms with Crippen LogP contribution in [0.4, 0.5) is 5.82 Å². The Morgan fingerprint density at radius 3 is 2.58 bits per heavy atom. The molecule has 0 radical (unpaired) electrons. The number of nitrogens with two attached hydrogens (primary N) is 1. The van der Waals surface area contributed by atoms with E-state index in [1.165, 1.54) is 12.8 Å². The summed E-state index contributed by atoms with van der Waals surface area (Å²) in [6, 6.07) is 3.74. The lowest BCUT2D eigenvalue weighted by molar-refractivity contribution is 0.0827. The molecule has 5 heteroatoms. The van der Waals surface area contributed by atoms with Gasteiger partial charge in [-0.25, -0.2) is 4.98 Å². The van der Waals surface area contributed by atoms with Crippen LogP contribution in [-0.4, -0.2) is 48.5 Å². The fraction of sp³-hybridized carbons (Fsp3) is 0.571. The first-order valence-electron chi connectivity index (χ1n) is 6.71. The molecule has 2 aliphatic rings. The number of rotatable bonds is 3. The van der Waals surface area contributed by atoms with Gasteiger partial charge in [0.2, 0.25) is 0 Å². The number of nitrogens with zero attached hydrogens (tertiary/aromatic N) is 3. The first-order chi connectivity index (χ1) is 8.99. The number of anilines is 1.